The van der Waals surface area contributed by atoms with E-state index in [1.54, 1.807) is 17.0 Å². The summed E-state index contributed by atoms with van der Waals surface area (Å²) >= 11 is 0. The second kappa shape index (κ2) is 12.8. The average molecular weight is 677 g/mol. The van der Waals surface area contributed by atoms with Gasteiger partial charge in [0.1, 0.15) is 46.8 Å². The van der Waals surface area contributed by atoms with E-state index in [9.17, 15) is 22.0 Å². The lowest BCUT2D eigenvalue weighted by Crippen LogP contribution is -2.31. The van der Waals surface area contributed by atoms with Crippen LogP contribution in [0.5, 0.6) is 11.9 Å². The molecule has 10 nitrogen and oxygen atoms in total. The number of hydrogen-bond donors (Lipinski definition) is 2. The highest BCUT2D eigenvalue weighted by Crippen LogP contribution is 2.46. The molecule has 0 amide bonds. The minimum Gasteiger partial charge on any atom is -0.475 e. The molecule has 0 radical (unpaired) electrons. The first-order valence-corrected chi connectivity index (χ1v) is 15.4. The lowest BCUT2D eigenvalue weighted by atomic mass is 9.96. The number of nitrogens with zero attached hydrogens (tertiary/aromatic N) is 6. The molecule has 48 heavy (non-hydrogen) atoms. The molecule has 4 aromatic rings. The van der Waals surface area contributed by atoms with Gasteiger partial charge in [0, 0.05) is 29.9 Å². The highest BCUT2D eigenvalue weighted by molar-refractivity contribution is 5.97. The van der Waals surface area contributed by atoms with Crippen LogP contribution in [-0.2, 0) is 6.18 Å². The first kappa shape index (κ1) is 33.3. The number of rotatable bonds is 4. The van der Waals surface area contributed by atoms with Gasteiger partial charge in [0.05, 0.1) is 30.9 Å². The Morgan fingerprint density at radius 1 is 1.10 bits per heavy atom. The number of anilines is 3. The summed E-state index contributed by atoms with van der Waals surface area (Å²) in [6.07, 6.45) is -0.692. The van der Waals surface area contributed by atoms with Gasteiger partial charge in [-0.15, -0.1) is 0 Å². The van der Waals surface area contributed by atoms with Gasteiger partial charge < -0.3 is 25.8 Å². The van der Waals surface area contributed by atoms with Gasteiger partial charge in [-0.2, -0.15) is 23.1 Å². The van der Waals surface area contributed by atoms with Crippen molar-refractivity contribution in [1.29, 1.82) is 0 Å². The van der Waals surface area contributed by atoms with E-state index in [1.807, 2.05) is 6.92 Å². The number of nitrogens with two attached hydrogens (primary N) is 2. The van der Waals surface area contributed by atoms with E-state index in [-0.39, 0.29) is 42.1 Å². The van der Waals surface area contributed by atoms with Crippen molar-refractivity contribution in [1.82, 2.24) is 24.8 Å². The van der Waals surface area contributed by atoms with Crippen LogP contribution < -0.4 is 25.8 Å². The minimum absolute atomic E-state index is 0.00701. The van der Waals surface area contributed by atoms with E-state index in [0.717, 1.165) is 19.9 Å². The van der Waals surface area contributed by atoms with Crippen LogP contribution in [0.4, 0.5) is 43.7 Å². The number of fused-ring (bicyclic) bond motifs is 1. The maximum absolute atomic E-state index is 16.2. The van der Waals surface area contributed by atoms with E-state index in [2.05, 4.69) is 24.8 Å². The Kier molecular flexibility index (Phi) is 8.87. The van der Waals surface area contributed by atoms with Crippen molar-refractivity contribution in [2.75, 3.05) is 49.7 Å². The Bertz CT molecular complexity index is 1850. The quantitative estimate of drug-likeness (QED) is 0.196. The smallest absolute Gasteiger partial charge is 0.417 e. The normalized spacial score (nSPS) is 19.7. The zero-order valence-corrected chi connectivity index (χ0v) is 26.4. The zero-order chi connectivity index (χ0) is 34.5. The topological polar surface area (TPSA) is 129 Å². The summed E-state index contributed by atoms with van der Waals surface area (Å²) in [4.78, 5) is 20.8. The molecule has 2 saturated heterocycles. The van der Waals surface area contributed by atoms with Gasteiger partial charge in [-0.3, -0.25) is 4.90 Å². The third-order valence-corrected chi connectivity index (χ3v) is 9.05. The molecule has 6 heterocycles. The molecule has 7 rings (SSSR count). The highest BCUT2D eigenvalue weighted by Gasteiger charge is 2.40. The summed E-state index contributed by atoms with van der Waals surface area (Å²) in [7, 11) is 1.26. The molecule has 3 atom stereocenters. The molecule has 3 unspecified atom stereocenters. The van der Waals surface area contributed by atoms with Crippen LogP contribution >= 0.6 is 0 Å². The third kappa shape index (κ3) is 5.97. The van der Waals surface area contributed by atoms with Crippen molar-refractivity contribution < 1.29 is 35.8 Å². The summed E-state index contributed by atoms with van der Waals surface area (Å²) < 4.78 is 96.4. The molecule has 0 spiro atoms. The van der Waals surface area contributed by atoms with E-state index < -0.39 is 63.6 Å². The van der Waals surface area contributed by atoms with Crippen molar-refractivity contribution in [3.63, 3.8) is 0 Å². The van der Waals surface area contributed by atoms with Crippen LogP contribution in [0.25, 0.3) is 22.2 Å². The van der Waals surface area contributed by atoms with E-state index in [4.69, 9.17) is 20.9 Å². The Morgan fingerprint density at radius 2 is 1.88 bits per heavy atom. The second-order valence-electron chi connectivity index (χ2n) is 12.0. The number of aromatic nitrogens is 4. The zero-order valence-electron chi connectivity index (χ0n) is 26.4. The van der Waals surface area contributed by atoms with Crippen molar-refractivity contribution in [3.8, 4) is 23.1 Å². The number of ether oxygens (including phenoxy) is 2. The molecule has 0 aliphatic carbocycles. The number of methoxy groups -OCH3 is 1. The fourth-order valence-corrected chi connectivity index (χ4v) is 6.76. The molecule has 256 valence electrons. The number of benzene rings is 1. The summed E-state index contributed by atoms with van der Waals surface area (Å²) in [6.45, 7) is 4.82. The van der Waals surface area contributed by atoms with Gasteiger partial charge in [0.15, 0.2) is 5.82 Å². The number of alkyl halides is 4. The van der Waals surface area contributed by atoms with Crippen molar-refractivity contribution in [2.45, 2.75) is 57.5 Å². The molecule has 3 aromatic heterocycles. The monoisotopic (exact) mass is 676 g/mol. The van der Waals surface area contributed by atoms with Crippen LogP contribution in [0.2, 0.25) is 0 Å². The van der Waals surface area contributed by atoms with Crippen LogP contribution in [0.3, 0.4) is 0 Å². The molecule has 0 saturated carbocycles. The van der Waals surface area contributed by atoms with E-state index in [1.165, 1.54) is 26.1 Å². The van der Waals surface area contributed by atoms with E-state index >= 15 is 4.39 Å². The number of pyridine rings is 2. The summed E-state index contributed by atoms with van der Waals surface area (Å²) in [5.41, 5.74) is 7.66. The van der Waals surface area contributed by atoms with Crippen LogP contribution in [0.1, 0.15) is 48.9 Å². The molecular weight excluding hydrogens is 642 g/mol. The number of nitrogen functional groups attached to an aromatic ring is 2. The summed E-state index contributed by atoms with van der Waals surface area (Å²) in [5, 5.41) is 0.0178. The molecule has 16 heteroatoms. The van der Waals surface area contributed by atoms with Crippen LogP contribution in [-0.4, -0.2) is 70.4 Å². The van der Waals surface area contributed by atoms with Crippen LogP contribution in [0, 0.1) is 18.6 Å². The molecule has 3 aliphatic heterocycles. The first-order chi connectivity index (χ1) is 22.8. The minimum atomic E-state index is -5.05. The third-order valence-electron chi connectivity index (χ3n) is 9.05. The predicted molar refractivity (Wildman–Crippen MR) is 167 cm³/mol. The lowest BCUT2D eigenvalue weighted by molar-refractivity contribution is -0.137. The van der Waals surface area contributed by atoms with Gasteiger partial charge in [0.2, 0.25) is 5.88 Å². The molecule has 1 aromatic carbocycles. The van der Waals surface area contributed by atoms with Crippen molar-refractivity contribution >= 4 is 28.2 Å². The number of hydrogen-bond acceptors (Lipinski definition) is 10. The predicted octanol–water partition coefficient (Wildman–Crippen LogP) is 6.02. The van der Waals surface area contributed by atoms with Crippen molar-refractivity contribution in [3.05, 3.63) is 52.7 Å². The van der Waals surface area contributed by atoms with Gasteiger partial charge in [0.25, 0.3) is 0 Å². The van der Waals surface area contributed by atoms with Gasteiger partial charge in [-0.1, -0.05) is 6.07 Å². The summed E-state index contributed by atoms with van der Waals surface area (Å²) in [6, 6.07) is 4.11. The second-order valence-corrected chi connectivity index (χ2v) is 12.0. The van der Waals surface area contributed by atoms with Gasteiger partial charge >= 0.3 is 12.2 Å². The van der Waals surface area contributed by atoms with Gasteiger partial charge in [-0.25, -0.2) is 23.1 Å². The number of halogens is 6. The fraction of sp³-hybridized carbons (Fsp3) is 0.438. The first-order valence-electron chi connectivity index (χ1n) is 15.4. The Morgan fingerprint density at radius 3 is 2.56 bits per heavy atom. The Labute approximate surface area is 272 Å². The molecule has 2 fully saturated rings. The Balaban J connectivity index is 0.000000381. The van der Waals surface area contributed by atoms with E-state index in [0.29, 0.717) is 24.2 Å². The molecule has 3 aliphatic rings. The standard InChI is InChI=1S/C25H22F5N7O2.C7H12FN/c1-10-16(25(28,29)30)13(9-14(31)17(10)26)19-18(27)20-15-22(36-24(35-20)38-3)37(7-8-39-23(15)34-19)11(2)12-5-4-6-33-21(12)32;8-6-4-7-2-1-3-9(7)5-6/h4-6,9,11H,7-8,31H2,1-3H3,(H2,32,33);6-7H,1-5H2. The Hall–Kier alpha value is -4.60. The van der Waals surface area contributed by atoms with Crippen molar-refractivity contribution in [2.24, 2.45) is 0 Å². The average Bonchev–Trinajstić information content (AvgIpc) is 3.57. The SMILES string of the molecule is COc1nc2c3c(nc(-c4cc(N)c(F)c(C)c4C(F)(F)F)c(F)c3n1)OCCN2C(C)c1cccnc1N.FC1CC2CCCN2C1. The molecule has 4 N–H and O–H groups in total. The summed E-state index contributed by atoms with van der Waals surface area (Å²) in [5.74, 6) is -2.24. The maximum Gasteiger partial charge on any atom is 0.417 e. The van der Waals surface area contributed by atoms with Gasteiger partial charge in [-0.05, 0) is 57.4 Å². The van der Waals surface area contributed by atoms with Crippen LogP contribution in [0.15, 0.2) is 24.4 Å². The largest absolute Gasteiger partial charge is 0.475 e. The molecule has 0 bridgehead atoms. The maximum atomic E-state index is 16.2. The fourth-order valence-electron chi connectivity index (χ4n) is 6.76. The molecular formula is C32H34F6N8O2. The highest BCUT2D eigenvalue weighted by atomic mass is 19.4. The lowest BCUT2D eigenvalue weighted by Gasteiger charge is -2.30.